The second kappa shape index (κ2) is 6.24. The van der Waals surface area contributed by atoms with Crippen LogP contribution in [0.2, 0.25) is 0 Å². The van der Waals surface area contributed by atoms with Crippen molar-refractivity contribution in [3.05, 3.63) is 64.9 Å². The highest BCUT2D eigenvalue weighted by atomic mass is 32.2. The third-order valence-electron chi connectivity index (χ3n) is 3.02. The average molecular weight is 323 g/mol. The molecule has 116 valence electrons. The summed E-state index contributed by atoms with van der Waals surface area (Å²) in [6.07, 6.45) is 0. The Bertz CT molecular complexity index is 766. The number of sulfone groups is 1. The van der Waals surface area contributed by atoms with Crippen LogP contribution in [0, 0.1) is 5.21 Å². The van der Waals surface area contributed by atoms with E-state index in [1.165, 1.54) is 48.5 Å². The maximum Gasteiger partial charge on any atom is 0.335 e. The van der Waals surface area contributed by atoms with Crippen LogP contribution in [0.5, 0.6) is 0 Å². The molecule has 0 aliphatic heterocycles. The molecule has 0 saturated heterocycles. The zero-order valence-corrected chi connectivity index (χ0v) is 12.1. The van der Waals surface area contributed by atoms with Gasteiger partial charge in [0.2, 0.25) is 0 Å². The minimum atomic E-state index is -3.63. The van der Waals surface area contributed by atoms with Gasteiger partial charge in [0.25, 0.3) is 0 Å². The van der Waals surface area contributed by atoms with E-state index in [9.17, 15) is 18.4 Å². The molecule has 0 heterocycles. The molecule has 0 fully saturated rings. The molecule has 0 aliphatic rings. The molecule has 1 unspecified atom stereocenters. The van der Waals surface area contributed by atoms with Crippen LogP contribution in [0.15, 0.2) is 53.4 Å². The Balaban J connectivity index is 2.21. The summed E-state index contributed by atoms with van der Waals surface area (Å²) in [5, 5.41) is 27.2. The van der Waals surface area contributed by atoms with Crippen LogP contribution < -0.4 is 5.23 Å². The SMILES string of the molecule is O=C(O)c1ccc(CS(=O)(=O)c2ccc([NH+]([O-])O)cc2)cc1. The maximum absolute atomic E-state index is 12.2. The lowest BCUT2D eigenvalue weighted by molar-refractivity contribution is -0.991. The molecule has 0 amide bonds. The molecular formula is C14H13NO6S. The summed E-state index contributed by atoms with van der Waals surface area (Å²) < 4.78 is 24.5. The number of rotatable bonds is 5. The zero-order chi connectivity index (χ0) is 16.3. The molecule has 0 radical (unpaired) electrons. The Morgan fingerprint density at radius 2 is 1.59 bits per heavy atom. The molecule has 7 nitrogen and oxygen atoms in total. The smallest absolute Gasteiger partial charge is 0.335 e. The summed E-state index contributed by atoms with van der Waals surface area (Å²) in [6, 6.07) is 10.5. The van der Waals surface area contributed by atoms with Crippen LogP contribution in [0.1, 0.15) is 15.9 Å². The fraction of sp³-hybridized carbons (Fsp3) is 0.0714. The first-order valence-corrected chi connectivity index (χ1v) is 7.83. The lowest BCUT2D eigenvalue weighted by Crippen LogP contribution is -2.99. The topological polar surface area (TPSA) is 119 Å². The number of carboxylic acids is 1. The molecule has 0 aliphatic carbocycles. The highest BCUT2D eigenvalue weighted by Gasteiger charge is 2.16. The largest absolute Gasteiger partial charge is 0.595 e. The minimum absolute atomic E-state index is 0.00441. The monoisotopic (exact) mass is 323 g/mol. The van der Waals surface area contributed by atoms with E-state index >= 15 is 0 Å². The van der Waals surface area contributed by atoms with E-state index < -0.39 is 21.0 Å². The fourth-order valence-corrected chi connectivity index (χ4v) is 3.20. The van der Waals surface area contributed by atoms with Gasteiger partial charge in [-0.25, -0.2) is 18.4 Å². The van der Waals surface area contributed by atoms with Crippen LogP contribution in [0.3, 0.4) is 0 Å². The lowest BCUT2D eigenvalue weighted by atomic mass is 10.1. The molecule has 2 rings (SSSR count). The Hall–Kier alpha value is -2.26. The number of carbonyl (C=O) groups is 1. The zero-order valence-electron chi connectivity index (χ0n) is 11.3. The molecule has 3 N–H and O–H groups in total. The van der Waals surface area contributed by atoms with E-state index in [0.717, 1.165) is 0 Å². The second-order valence-corrected chi connectivity index (χ2v) is 6.58. The van der Waals surface area contributed by atoms with Crippen LogP contribution in [0.4, 0.5) is 5.69 Å². The van der Waals surface area contributed by atoms with Gasteiger partial charge in [0.1, 0.15) is 0 Å². The van der Waals surface area contributed by atoms with E-state index in [2.05, 4.69) is 0 Å². The van der Waals surface area contributed by atoms with Crippen LogP contribution in [-0.4, -0.2) is 24.7 Å². The summed E-state index contributed by atoms with van der Waals surface area (Å²) in [5.41, 5.74) is 0.532. The van der Waals surface area contributed by atoms with Crippen LogP contribution >= 0.6 is 0 Å². The molecule has 2 aromatic carbocycles. The predicted molar refractivity (Wildman–Crippen MR) is 76.5 cm³/mol. The van der Waals surface area contributed by atoms with Crippen molar-refractivity contribution in [1.29, 1.82) is 0 Å². The third kappa shape index (κ3) is 3.68. The Kier molecular flexibility index (Phi) is 4.57. The number of aromatic carboxylic acids is 1. The number of benzene rings is 2. The first-order chi connectivity index (χ1) is 10.3. The fourth-order valence-electron chi connectivity index (χ4n) is 1.85. The number of hydrogen-bond donors (Lipinski definition) is 3. The quantitative estimate of drug-likeness (QED) is 0.699. The summed E-state index contributed by atoms with van der Waals surface area (Å²) >= 11 is 0. The normalized spacial score (nSPS) is 12.8. The van der Waals surface area contributed by atoms with Gasteiger partial charge in [-0.1, -0.05) is 12.1 Å². The van der Waals surface area contributed by atoms with Crippen molar-refractivity contribution in [2.45, 2.75) is 10.6 Å². The van der Waals surface area contributed by atoms with E-state index in [4.69, 9.17) is 10.3 Å². The van der Waals surface area contributed by atoms with Gasteiger partial charge < -0.3 is 10.3 Å². The Morgan fingerprint density at radius 1 is 1.05 bits per heavy atom. The first kappa shape index (κ1) is 16.1. The van der Waals surface area contributed by atoms with E-state index in [1.807, 2.05) is 0 Å². The molecule has 22 heavy (non-hydrogen) atoms. The van der Waals surface area contributed by atoms with Crippen molar-refractivity contribution in [1.82, 2.24) is 0 Å². The third-order valence-corrected chi connectivity index (χ3v) is 4.72. The molecule has 0 spiro atoms. The maximum atomic E-state index is 12.2. The number of carboxylic acid groups (broad SMARTS) is 1. The van der Waals surface area contributed by atoms with Gasteiger partial charge in [-0.15, -0.1) is 0 Å². The van der Waals surface area contributed by atoms with Crippen LogP contribution in [-0.2, 0) is 15.6 Å². The molecular weight excluding hydrogens is 310 g/mol. The minimum Gasteiger partial charge on any atom is -0.595 e. The van der Waals surface area contributed by atoms with Crippen molar-refractivity contribution in [2.75, 3.05) is 0 Å². The van der Waals surface area contributed by atoms with Gasteiger partial charge >= 0.3 is 5.97 Å². The first-order valence-electron chi connectivity index (χ1n) is 6.18. The summed E-state index contributed by atoms with van der Waals surface area (Å²) in [4.78, 5) is 10.8. The standard InChI is InChI=1S/C14H13NO6S/c16-14(17)11-3-1-10(2-4-11)9-22(20,21)13-7-5-12(6-8-13)15(18)19/h1-8,15,18H,9H2,(H,16,17). The molecule has 0 aromatic heterocycles. The molecule has 1 atom stereocenters. The Morgan fingerprint density at radius 3 is 2.05 bits per heavy atom. The number of nitrogens with one attached hydrogen (secondary N) is 1. The van der Waals surface area contributed by atoms with E-state index in [1.54, 1.807) is 0 Å². The lowest BCUT2D eigenvalue weighted by Gasteiger charge is -2.11. The summed E-state index contributed by atoms with van der Waals surface area (Å²) in [5.74, 6) is -1.38. The van der Waals surface area contributed by atoms with Crippen LogP contribution in [0.25, 0.3) is 0 Å². The van der Waals surface area contributed by atoms with Gasteiger partial charge in [-0.3, -0.25) is 0 Å². The van der Waals surface area contributed by atoms with Crippen molar-refractivity contribution in [2.24, 2.45) is 0 Å². The summed E-state index contributed by atoms with van der Waals surface area (Å²) in [7, 11) is -3.63. The predicted octanol–water partition coefficient (Wildman–Crippen LogP) is 0.762. The van der Waals surface area contributed by atoms with Crippen molar-refractivity contribution < 1.29 is 28.8 Å². The second-order valence-electron chi connectivity index (χ2n) is 4.59. The van der Waals surface area contributed by atoms with E-state index in [0.29, 0.717) is 5.56 Å². The summed E-state index contributed by atoms with van der Waals surface area (Å²) in [6.45, 7) is 0. The molecule has 0 bridgehead atoms. The van der Waals surface area contributed by atoms with E-state index in [-0.39, 0.29) is 21.9 Å². The van der Waals surface area contributed by atoms with Gasteiger partial charge in [-0.2, -0.15) is 5.23 Å². The number of quaternary nitrogens is 1. The Labute approximate surface area is 126 Å². The molecule has 8 heteroatoms. The highest BCUT2D eigenvalue weighted by Crippen LogP contribution is 2.18. The molecule has 2 aromatic rings. The van der Waals surface area contributed by atoms with Gasteiger partial charge in [0.15, 0.2) is 15.5 Å². The average Bonchev–Trinajstić information content (AvgIpc) is 2.47. The molecule has 0 saturated carbocycles. The van der Waals surface area contributed by atoms with Gasteiger partial charge in [0.05, 0.1) is 16.2 Å². The van der Waals surface area contributed by atoms with Crippen molar-refractivity contribution in [3.8, 4) is 0 Å². The van der Waals surface area contributed by atoms with Crippen molar-refractivity contribution >= 4 is 21.5 Å². The number of hydrogen-bond acceptors (Lipinski definition) is 5. The van der Waals surface area contributed by atoms with Crippen molar-refractivity contribution in [3.63, 3.8) is 0 Å². The van der Waals surface area contributed by atoms with Gasteiger partial charge in [0, 0.05) is 12.1 Å². The van der Waals surface area contributed by atoms with Gasteiger partial charge in [-0.05, 0) is 29.8 Å². The highest BCUT2D eigenvalue weighted by molar-refractivity contribution is 7.90.